The number of rotatable bonds is 5. The smallest absolute Gasteiger partial charge is 0.355 e. The highest BCUT2D eigenvalue weighted by molar-refractivity contribution is 14.1. The molecule has 0 aromatic carbocycles. The highest BCUT2D eigenvalue weighted by Crippen LogP contribution is 2.41. The third-order valence-corrected chi connectivity index (χ3v) is 7.17. The van der Waals surface area contributed by atoms with E-state index in [1.54, 1.807) is 32.5 Å². The van der Waals surface area contributed by atoms with Crippen LogP contribution in [-0.4, -0.2) is 49.9 Å². The Balaban J connectivity index is 1.72. The van der Waals surface area contributed by atoms with Gasteiger partial charge in [0.15, 0.2) is 0 Å². The first-order chi connectivity index (χ1) is 12.7. The molecule has 2 unspecified atom stereocenters. The molecule has 1 fully saturated rings. The van der Waals surface area contributed by atoms with E-state index in [0.717, 1.165) is 10.5 Å². The highest BCUT2D eigenvalue weighted by Gasteiger charge is 2.54. The molecule has 0 spiro atoms. The topological polar surface area (TPSA) is 75.7 Å². The summed E-state index contributed by atoms with van der Waals surface area (Å²) in [4.78, 5) is 40.1. The Morgan fingerprint density at radius 3 is 2.74 bits per heavy atom. The number of nitrogens with one attached hydrogen (secondary N) is 1. The number of fused-ring (bicyclic) bond motifs is 1. The Labute approximate surface area is 180 Å². The van der Waals surface area contributed by atoms with Gasteiger partial charge in [-0.25, -0.2) is 4.79 Å². The number of amides is 2. The molecule has 0 saturated carbocycles. The van der Waals surface area contributed by atoms with Crippen molar-refractivity contribution >= 4 is 63.5 Å². The molecule has 1 N–H and O–H groups in total. The lowest BCUT2D eigenvalue weighted by atomic mass is 10.0. The van der Waals surface area contributed by atoms with Gasteiger partial charge in [0.05, 0.1) is 6.42 Å². The lowest BCUT2D eigenvalue weighted by Gasteiger charge is -2.50. The number of hydrogen-bond donors (Lipinski definition) is 1. The van der Waals surface area contributed by atoms with Gasteiger partial charge in [-0.1, -0.05) is 28.7 Å². The van der Waals surface area contributed by atoms with E-state index in [-0.39, 0.29) is 23.6 Å². The molecule has 3 heterocycles. The summed E-state index contributed by atoms with van der Waals surface area (Å²) in [5, 5.41) is 4.47. The molecule has 6 nitrogen and oxygen atoms in total. The number of nitrogens with zero attached hydrogens (tertiary/aromatic N) is 1. The first kappa shape index (κ1) is 20.7. The zero-order chi connectivity index (χ0) is 19.8. The minimum absolute atomic E-state index is 0.182. The molecule has 0 radical (unpaired) electrons. The number of carbonyl (C=O) groups excluding carboxylic acids is 3. The second kappa shape index (κ2) is 8.12. The summed E-state index contributed by atoms with van der Waals surface area (Å²) >= 11 is 5.27. The van der Waals surface area contributed by atoms with Gasteiger partial charge in [0.1, 0.15) is 22.7 Å². The lowest BCUT2D eigenvalue weighted by molar-refractivity contribution is -0.159. The number of β-lactam (4-membered cyclic amide) rings is 1. The summed E-state index contributed by atoms with van der Waals surface area (Å²) in [7, 11) is 0. The molecule has 9 heteroatoms. The summed E-state index contributed by atoms with van der Waals surface area (Å²) in [5.41, 5.74) is 0.600. The number of thiophene rings is 1. The number of thioether (sulfide) groups is 1. The van der Waals surface area contributed by atoms with Crippen LogP contribution in [0.1, 0.15) is 25.6 Å². The van der Waals surface area contributed by atoms with E-state index in [1.165, 1.54) is 16.2 Å². The summed E-state index contributed by atoms with van der Waals surface area (Å²) < 4.78 is 6.15. The summed E-state index contributed by atoms with van der Waals surface area (Å²) in [6, 6.07) is 3.18. The van der Waals surface area contributed by atoms with Gasteiger partial charge in [-0.05, 0) is 37.8 Å². The minimum Gasteiger partial charge on any atom is -0.455 e. The monoisotopic (exact) mass is 520 g/mol. The van der Waals surface area contributed by atoms with E-state index < -0.39 is 17.6 Å². The fourth-order valence-corrected chi connectivity index (χ4v) is 5.94. The number of hydrogen-bond acceptors (Lipinski definition) is 6. The second-order valence-electron chi connectivity index (χ2n) is 7.30. The third kappa shape index (κ3) is 4.51. The average Bonchev–Trinajstić information content (AvgIpc) is 3.09. The van der Waals surface area contributed by atoms with E-state index in [4.69, 9.17) is 4.74 Å². The fourth-order valence-electron chi connectivity index (χ4n) is 2.90. The maximum absolute atomic E-state index is 12.7. The van der Waals surface area contributed by atoms with Crippen LogP contribution in [-0.2, 0) is 25.5 Å². The SMILES string of the molecule is CC(C)(C)OC(=O)C1=C(CI)CSC2C(NC(=O)Cc3cccs3)C(=O)N12. The first-order valence-corrected chi connectivity index (χ1v) is 11.9. The van der Waals surface area contributed by atoms with Crippen molar-refractivity contribution in [2.24, 2.45) is 0 Å². The standard InChI is InChI=1S/C18H21IN2O4S2/c1-18(2,3)25-17(24)14-10(8-19)9-27-16-13(15(23)21(14)16)20-12(22)7-11-5-4-6-26-11/h4-6,13,16H,7-9H2,1-3H3,(H,20,22). The number of alkyl halides is 1. The van der Waals surface area contributed by atoms with Crippen molar-refractivity contribution in [2.75, 3.05) is 10.2 Å². The van der Waals surface area contributed by atoms with Crippen LogP contribution in [0.2, 0.25) is 0 Å². The van der Waals surface area contributed by atoms with Crippen LogP contribution in [0.4, 0.5) is 0 Å². The predicted octanol–water partition coefficient (Wildman–Crippen LogP) is 2.72. The van der Waals surface area contributed by atoms with Crippen LogP contribution < -0.4 is 5.32 Å². The van der Waals surface area contributed by atoms with E-state index in [2.05, 4.69) is 27.9 Å². The molecule has 2 atom stereocenters. The van der Waals surface area contributed by atoms with Gasteiger partial charge in [0.2, 0.25) is 5.91 Å². The third-order valence-electron chi connectivity index (χ3n) is 4.03. The van der Waals surface area contributed by atoms with Crippen LogP contribution in [0, 0.1) is 0 Å². The number of carbonyl (C=O) groups is 3. The summed E-state index contributed by atoms with van der Waals surface area (Å²) in [6.07, 6.45) is 0.257. The number of halogens is 1. The van der Waals surface area contributed by atoms with Crippen molar-refractivity contribution in [3.05, 3.63) is 33.7 Å². The molecule has 2 aliphatic rings. The van der Waals surface area contributed by atoms with Crippen molar-refractivity contribution in [2.45, 2.75) is 44.2 Å². The Hall–Kier alpha value is -1.07. The Kier molecular flexibility index (Phi) is 6.21. The van der Waals surface area contributed by atoms with Crippen molar-refractivity contribution < 1.29 is 19.1 Å². The predicted molar refractivity (Wildman–Crippen MR) is 115 cm³/mol. The maximum atomic E-state index is 12.7. The van der Waals surface area contributed by atoms with Crippen LogP contribution >= 0.6 is 45.7 Å². The minimum atomic E-state index is -0.636. The van der Waals surface area contributed by atoms with Gasteiger partial charge in [0.25, 0.3) is 5.91 Å². The van der Waals surface area contributed by atoms with Crippen LogP contribution in [0.5, 0.6) is 0 Å². The van der Waals surface area contributed by atoms with Gasteiger partial charge in [0, 0.05) is 15.1 Å². The molecular weight excluding hydrogens is 499 g/mol. The van der Waals surface area contributed by atoms with Gasteiger partial charge >= 0.3 is 5.97 Å². The van der Waals surface area contributed by atoms with Gasteiger partial charge in [-0.2, -0.15) is 0 Å². The van der Waals surface area contributed by atoms with Crippen molar-refractivity contribution in [1.82, 2.24) is 10.2 Å². The zero-order valence-electron chi connectivity index (χ0n) is 15.3. The zero-order valence-corrected chi connectivity index (χ0v) is 19.1. The molecule has 0 aliphatic carbocycles. The maximum Gasteiger partial charge on any atom is 0.355 e. The Morgan fingerprint density at radius 2 is 2.15 bits per heavy atom. The van der Waals surface area contributed by atoms with Crippen molar-refractivity contribution in [1.29, 1.82) is 0 Å². The average molecular weight is 520 g/mol. The number of esters is 1. The molecule has 2 amide bonds. The lowest BCUT2D eigenvalue weighted by Crippen LogP contribution is -2.70. The van der Waals surface area contributed by atoms with Gasteiger partial charge in [-0.3, -0.25) is 14.5 Å². The van der Waals surface area contributed by atoms with E-state index >= 15 is 0 Å². The molecular formula is C18H21IN2O4S2. The quantitative estimate of drug-likeness (QED) is 0.280. The summed E-state index contributed by atoms with van der Waals surface area (Å²) in [5.74, 6) is -0.270. The van der Waals surface area contributed by atoms with E-state index in [0.29, 0.717) is 15.9 Å². The number of ether oxygens (including phenoxy) is 1. The van der Waals surface area contributed by atoms with E-state index in [9.17, 15) is 14.4 Å². The molecule has 27 heavy (non-hydrogen) atoms. The molecule has 1 aromatic rings. The Bertz CT molecular complexity index is 786. The molecule has 1 saturated heterocycles. The van der Waals surface area contributed by atoms with Crippen LogP contribution in [0.15, 0.2) is 28.8 Å². The van der Waals surface area contributed by atoms with Gasteiger partial charge < -0.3 is 10.1 Å². The second-order valence-corrected chi connectivity index (χ2v) is 10.2. The normalized spacial score (nSPS) is 22.2. The van der Waals surface area contributed by atoms with Crippen LogP contribution in [0.25, 0.3) is 0 Å². The molecule has 0 bridgehead atoms. The van der Waals surface area contributed by atoms with Crippen LogP contribution in [0.3, 0.4) is 0 Å². The van der Waals surface area contributed by atoms with Gasteiger partial charge in [-0.15, -0.1) is 23.1 Å². The highest BCUT2D eigenvalue weighted by atomic mass is 127. The Morgan fingerprint density at radius 1 is 1.41 bits per heavy atom. The van der Waals surface area contributed by atoms with E-state index in [1.807, 2.05) is 17.5 Å². The fraction of sp³-hybridized carbons (Fsp3) is 0.500. The summed E-state index contributed by atoms with van der Waals surface area (Å²) in [6.45, 7) is 5.40. The van der Waals surface area contributed by atoms with Crippen molar-refractivity contribution in [3.8, 4) is 0 Å². The molecule has 1 aromatic heterocycles. The van der Waals surface area contributed by atoms with Crippen molar-refractivity contribution in [3.63, 3.8) is 0 Å². The molecule has 146 valence electrons. The first-order valence-electron chi connectivity index (χ1n) is 8.49. The molecule has 2 aliphatic heterocycles. The largest absolute Gasteiger partial charge is 0.455 e. The molecule has 3 rings (SSSR count).